The van der Waals surface area contributed by atoms with Crippen molar-refractivity contribution in [2.24, 2.45) is 0 Å². The van der Waals surface area contributed by atoms with Gasteiger partial charge in [0.25, 0.3) is 6.01 Å². The number of hydrogen-bond acceptors (Lipinski definition) is 3. The summed E-state index contributed by atoms with van der Waals surface area (Å²) in [4.78, 5) is 15.7. The molecule has 0 aliphatic rings. The molecule has 0 radical (unpaired) electrons. The number of fused-ring (bicyclic) bond motifs is 1. The zero-order valence-electron chi connectivity index (χ0n) is 11.8. The van der Waals surface area contributed by atoms with Crippen LogP contribution in [0.5, 0.6) is 6.01 Å². The Kier molecular flexibility index (Phi) is 3.69. The number of rotatable bonds is 5. The average Bonchev–Trinajstić information content (AvgIpc) is 2.86. The number of ether oxygens (including phenoxy) is 1. The highest BCUT2D eigenvalue weighted by Gasteiger charge is 2.12. The molecular weight excluding hydrogens is 264 g/mol. The van der Waals surface area contributed by atoms with Gasteiger partial charge in [-0.05, 0) is 24.6 Å². The first-order chi connectivity index (χ1) is 10.3. The van der Waals surface area contributed by atoms with Gasteiger partial charge in [0.05, 0.1) is 24.2 Å². The number of benzene rings is 2. The molecule has 1 heterocycles. The number of hydrogen-bond donors (Lipinski definition) is 0. The number of carbonyl (C=O) groups excluding carboxylic acids is 1. The number of carbonyl (C=O) groups is 1. The van der Waals surface area contributed by atoms with E-state index in [1.54, 1.807) is 0 Å². The molecule has 106 valence electrons. The van der Waals surface area contributed by atoms with Gasteiger partial charge in [-0.25, -0.2) is 0 Å². The number of imidazole rings is 1. The fraction of sp³-hybridized carbons (Fsp3) is 0.176. The van der Waals surface area contributed by atoms with Gasteiger partial charge in [0.1, 0.15) is 6.29 Å². The lowest BCUT2D eigenvalue weighted by Gasteiger charge is -2.10. The maximum atomic E-state index is 11.2. The lowest BCUT2D eigenvalue weighted by molar-refractivity contribution is 0.112. The lowest BCUT2D eigenvalue weighted by atomic mass is 10.1. The van der Waals surface area contributed by atoms with E-state index in [0.29, 0.717) is 24.7 Å². The summed E-state index contributed by atoms with van der Waals surface area (Å²) in [6, 6.07) is 16.0. The Balaban J connectivity index is 2.10. The molecular formula is C17H16N2O2. The largest absolute Gasteiger partial charge is 0.465 e. The van der Waals surface area contributed by atoms with Crippen LogP contribution in [0, 0.1) is 0 Å². The van der Waals surface area contributed by atoms with Crippen LogP contribution in [-0.4, -0.2) is 22.4 Å². The third kappa shape index (κ3) is 2.52. The minimum absolute atomic E-state index is 0.554. The molecule has 0 N–H and O–H groups in total. The fourth-order valence-electron chi connectivity index (χ4n) is 2.41. The molecule has 4 heteroatoms. The highest BCUT2D eigenvalue weighted by atomic mass is 16.5. The molecule has 0 aliphatic carbocycles. The Morgan fingerprint density at radius 2 is 1.90 bits per heavy atom. The minimum Gasteiger partial charge on any atom is -0.465 e. The van der Waals surface area contributed by atoms with Gasteiger partial charge in [-0.3, -0.25) is 9.36 Å². The molecule has 1 aromatic heterocycles. The second kappa shape index (κ2) is 5.79. The van der Waals surface area contributed by atoms with Crippen molar-refractivity contribution >= 4 is 17.3 Å². The molecule has 2 aromatic carbocycles. The van der Waals surface area contributed by atoms with Crippen LogP contribution in [0.1, 0.15) is 22.8 Å². The molecule has 0 saturated carbocycles. The first-order valence-corrected chi connectivity index (χ1v) is 6.94. The van der Waals surface area contributed by atoms with E-state index < -0.39 is 0 Å². The minimum atomic E-state index is 0.554. The van der Waals surface area contributed by atoms with Crippen molar-refractivity contribution in [1.29, 1.82) is 0 Å². The van der Waals surface area contributed by atoms with E-state index in [4.69, 9.17) is 4.74 Å². The van der Waals surface area contributed by atoms with Crippen LogP contribution in [0.4, 0.5) is 0 Å². The first-order valence-electron chi connectivity index (χ1n) is 6.94. The molecule has 0 atom stereocenters. The molecule has 0 unspecified atom stereocenters. The summed E-state index contributed by atoms with van der Waals surface area (Å²) in [6.45, 7) is 3.05. The number of aldehydes is 1. The van der Waals surface area contributed by atoms with Crippen molar-refractivity contribution in [3.8, 4) is 6.01 Å². The van der Waals surface area contributed by atoms with Crippen molar-refractivity contribution in [1.82, 2.24) is 9.55 Å². The maximum Gasteiger partial charge on any atom is 0.297 e. The molecule has 0 fully saturated rings. The van der Waals surface area contributed by atoms with Crippen molar-refractivity contribution in [3.63, 3.8) is 0 Å². The second-order valence-corrected chi connectivity index (χ2v) is 4.72. The third-order valence-corrected chi connectivity index (χ3v) is 3.40. The van der Waals surface area contributed by atoms with Crippen LogP contribution in [0.2, 0.25) is 0 Å². The van der Waals surface area contributed by atoms with Crippen LogP contribution in [0.15, 0.2) is 48.5 Å². The molecule has 0 amide bonds. The third-order valence-electron chi connectivity index (χ3n) is 3.40. The Bertz CT molecular complexity index is 777. The van der Waals surface area contributed by atoms with Crippen LogP contribution >= 0.6 is 0 Å². The lowest BCUT2D eigenvalue weighted by Crippen LogP contribution is -2.06. The van der Waals surface area contributed by atoms with Crippen LogP contribution in [-0.2, 0) is 6.54 Å². The predicted molar refractivity (Wildman–Crippen MR) is 81.8 cm³/mol. The van der Waals surface area contributed by atoms with Crippen LogP contribution in [0.3, 0.4) is 0 Å². The summed E-state index contributed by atoms with van der Waals surface area (Å²) in [5, 5.41) is 0. The monoisotopic (exact) mass is 280 g/mol. The average molecular weight is 280 g/mol. The van der Waals surface area contributed by atoms with E-state index in [9.17, 15) is 4.79 Å². The molecule has 4 nitrogen and oxygen atoms in total. The summed E-state index contributed by atoms with van der Waals surface area (Å²) >= 11 is 0. The van der Waals surface area contributed by atoms with Gasteiger partial charge in [0.2, 0.25) is 0 Å². The van der Waals surface area contributed by atoms with Crippen LogP contribution in [0.25, 0.3) is 11.0 Å². The van der Waals surface area contributed by atoms with Gasteiger partial charge in [0.15, 0.2) is 0 Å². The Hall–Kier alpha value is -2.62. The molecule has 0 spiro atoms. The highest BCUT2D eigenvalue weighted by molar-refractivity contribution is 5.79. The van der Waals surface area contributed by atoms with Gasteiger partial charge < -0.3 is 4.74 Å². The molecule has 21 heavy (non-hydrogen) atoms. The number of para-hydroxylation sites is 2. The molecule has 3 rings (SSSR count). The summed E-state index contributed by atoms with van der Waals surface area (Å²) in [6.07, 6.45) is 0.884. The van der Waals surface area contributed by atoms with E-state index in [2.05, 4.69) is 4.98 Å². The SMILES string of the molecule is CCOc1nc2ccccc2n1Cc1ccccc1C=O. The smallest absolute Gasteiger partial charge is 0.297 e. The Labute approximate surface area is 123 Å². The zero-order valence-corrected chi connectivity index (χ0v) is 11.8. The van der Waals surface area contributed by atoms with Gasteiger partial charge in [-0.15, -0.1) is 0 Å². The molecule has 0 bridgehead atoms. The van der Waals surface area contributed by atoms with E-state index in [0.717, 1.165) is 22.9 Å². The Morgan fingerprint density at radius 1 is 1.14 bits per heavy atom. The van der Waals surface area contributed by atoms with E-state index in [1.165, 1.54) is 0 Å². The van der Waals surface area contributed by atoms with Gasteiger partial charge in [-0.2, -0.15) is 4.98 Å². The van der Waals surface area contributed by atoms with E-state index in [1.807, 2.05) is 60.0 Å². The van der Waals surface area contributed by atoms with Crippen LogP contribution < -0.4 is 4.74 Å². The predicted octanol–water partition coefficient (Wildman–Crippen LogP) is 3.30. The van der Waals surface area contributed by atoms with Crippen molar-refractivity contribution in [2.75, 3.05) is 6.61 Å². The summed E-state index contributed by atoms with van der Waals surface area (Å²) in [7, 11) is 0. The molecule has 0 aliphatic heterocycles. The topological polar surface area (TPSA) is 44.1 Å². The summed E-state index contributed by atoms with van der Waals surface area (Å²) < 4.78 is 7.63. The quantitative estimate of drug-likeness (QED) is 0.674. The number of aromatic nitrogens is 2. The van der Waals surface area contributed by atoms with Crippen molar-refractivity contribution < 1.29 is 9.53 Å². The van der Waals surface area contributed by atoms with Crippen molar-refractivity contribution in [2.45, 2.75) is 13.5 Å². The normalized spacial score (nSPS) is 10.7. The Morgan fingerprint density at radius 3 is 2.71 bits per heavy atom. The summed E-state index contributed by atoms with van der Waals surface area (Å²) in [5.41, 5.74) is 3.54. The van der Waals surface area contributed by atoms with Crippen molar-refractivity contribution in [3.05, 3.63) is 59.7 Å². The second-order valence-electron chi connectivity index (χ2n) is 4.72. The van der Waals surface area contributed by atoms with E-state index >= 15 is 0 Å². The standard InChI is InChI=1S/C17H16N2O2/c1-2-21-17-18-15-9-5-6-10-16(15)19(17)11-13-7-3-4-8-14(13)12-20/h3-10,12H,2,11H2,1H3. The van der Waals surface area contributed by atoms with E-state index in [-0.39, 0.29) is 0 Å². The molecule has 3 aromatic rings. The zero-order chi connectivity index (χ0) is 14.7. The van der Waals surface area contributed by atoms with Gasteiger partial charge in [0, 0.05) is 5.56 Å². The number of nitrogens with zero attached hydrogens (tertiary/aromatic N) is 2. The highest BCUT2D eigenvalue weighted by Crippen LogP contribution is 2.23. The maximum absolute atomic E-state index is 11.2. The summed E-state index contributed by atoms with van der Waals surface area (Å²) in [5.74, 6) is 0. The van der Waals surface area contributed by atoms with Gasteiger partial charge in [-0.1, -0.05) is 36.4 Å². The fourth-order valence-corrected chi connectivity index (χ4v) is 2.41. The molecule has 0 saturated heterocycles. The first kappa shape index (κ1) is 13.4. The van der Waals surface area contributed by atoms with Gasteiger partial charge >= 0.3 is 0 Å².